The van der Waals surface area contributed by atoms with Crippen molar-refractivity contribution in [2.75, 3.05) is 13.2 Å². The van der Waals surface area contributed by atoms with Gasteiger partial charge < -0.3 is 15.5 Å². The van der Waals surface area contributed by atoms with E-state index >= 15 is 0 Å². The number of amides is 1. The Morgan fingerprint density at radius 1 is 1.62 bits per heavy atom. The van der Waals surface area contributed by atoms with E-state index in [9.17, 15) is 4.79 Å². The SMILES string of the molecule is Cc1cc(C)n(CC(=O)NCC(O)CO)n1. The molecule has 0 fully saturated rings. The second-order valence-electron chi connectivity index (χ2n) is 3.73. The van der Waals surface area contributed by atoms with Crippen LogP contribution < -0.4 is 5.32 Å². The fourth-order valence-electron chi connectivity index (χ4n) is 1.32. The Balaban J connectivity index is 2.43. The van der Waals surface area contributed by atoms with Gasteiger partial charge in [-0.2, -0.15) is 5.10 Å². The maximum atomic E-state index is 11.4. The molecule has 1 amide bonds. The van der Waals surface area contributed by atoms with E-state index < -0.39 is 6.10 Å². The molecule has 0 aliphatic heterocycles. The molecule has 90 valence electrons. The van der Waals surface area contributed by atoms with Crippen molar-refractivity contribution in [2.24, 2.45) is 0 Å². The molecule has 1 unspecified atom stereocenters. The van der Waals surface area contributed by atoms with Gasteiger partial charge in [-0.15, -0.1) is 0 Å². The number of nitrogens with zero attached hydrogens (tertiary/aromatic N) is 2. The van der Waals surface area contributed by atoms with Gasteiger partial charge in [-0.1, -0.05) is 0 Å². The Kier molecular flexibility index (Phi) is 4.45. The second-order valence-corrected chi connectivity index (χ2v) is 3.73. The Labute approximate surface area is 93.9 Å². The molecular weight excluding hydrogens is 210 g/mol. The number of carbonyl (C=O) groups excluding carboxylic acids is 1. The molecule has 0 radical (unpaired) electrons. The van der Waals surface area contributed by atoms with Crippen molar-refractivity contribution < 1.29 is 15.0 Å². The quantitative estimate of drug-likeness (QED) is 0.600. The van der Waals surface area contributed by atoms with Gasteiger partial charge in [0.05, 0.1) is 18.4 Å². The Hall–Kier alpha value is -1.40. The summed E-state index contributed by atoms with van der Waals surface area (Å²) in [6.07, 6.45) is -0.913. The molecule has 1 heterocycles. The number of aryl methyl sites for hydroxylation is 2. The lowest BCUT2D eigenvalue weighted by atomic mass is 10.3. The van der Waals surface area contributed by atoms with Crippen LogP contribution in [0.5, 0.6) is 0 Å². The fourth-order valence-corrected chi connectivity index (χ4v) is 1.32. The van der Waals surface area contributed by atoms with E-state index in [-0.39, 0.29) is 25.6 Å². The van der Waals surface area contributed by atoms with Crippen LogP contribution in [0.25, 0.3) is 0 Å². The van der Waals surface area contributed by atoms with E-state index in [0.717, 1.165) is 11.4 Å². The third-order valence-electron chi connectivity index (χ3n) is 2.14. The van der Waals surface area contributed by atoms with Gasteiger partial charge in [0, 0.05) is 12.2 Å². The Morgan fingerprint density at radius 3 is 2.81 bits per heavy atom. The number of aromatic nitrogens is 2. The van der Waals surface area contributed by atoms with Gasteiger partial charge in [-0.25, -0.2) is 0 Å². The molecule has 0 bridgehead atoms. The molecule has 0 aliphatic carbocycles. The predicted octanol–water partition coefficient (Wildman–Crippen LogP) is -1.03. The topological polar surface area (TPSA) is 87.4 Å². The van der Waals surface area contributed by atoms with Crippen LogP contribution in [-0.4, -0.2) is 45.2 Å². The van der Waals surface area contributed by atoms with Gasteiger partial charge in [0.15, 0.2) is 0 Å². The van der Waals surface area contributed by atoms with Crippen LogP contribution in [-0.2, 0) is 11.3 Å². The smallest absolute Gasteiger partial charge is 0.241 e. The average Bonchev–Trinajstić information content (AvgIpc) is 2.54. The molecule has 16 heavy (non-hydrogen) atoms. The van der Waals surface area contributed by atoms with Crippen LogP contribution >= 0.6 is 0 Å². The molecule has 0 saturated carbocycles. The highest BCUT2D eigenvalue weighted by atomic mass is 16.3. The number of nitrogens with one attached hydrogen (secondary N) is 1. The van der Waals surface area contributed by atoms with Gasteiger partial charge >= 0.3 is 0 Å². The molecule has 0 saturated heterocycles. The summed E-state index contributed by atoms with van der Waals surface area (Å²) in [7, 11) is 0. The van der Waals surface area contributed by atoms with Gasteiger partial charge in [0.1, 0.15) is 6.54 Å². The van der Waals surface area contributed by atoms with Crippen LogP contribution in [0.3, 0.4) is 0 Å². The summed E-state index contributed by atoms with van der Waals surface area (Å²) in [5, 5.41) is 24.3. The highest BCUT2D eigenvalue weighted by molar-refractivity contribution is 5.75. The van der Waals surface area contributed by atoms with Crippen molar-refractivity contribution in [1.82, 2.24) is 15.1 Å². The first-order valence-electron chi connectivity index (χ1n) is 5.09. The highest BCUT2D eigenvalue weighted by Gasteiger charge is 2.08. The van der Waals surface area contributed by atoms with Gasteiger partial charge in [-0.3, -0.25) is 9.48 Å². The number of aliphatic hydroxyl groups is 2. The van der Waals surface area contributed by atoms with E-state index in [4.69, 9.17) is 10.2 Å². The van der Waals surface area contributed by atoms with E-state index in [1.807, 2.05) is 19.9 Å². The van der Waals surface area contributed by atoms with Crippen LogP contribution in [0, 0.1) is 13.8 Å². The average molecular weight is 227 g/mol. The van der Waals surface area contributed by atoms with Gasteiger partial charge in [0.2, 0.25) is 5.91 Å². The van der Waals surface area contributed by atoms with E-state index in [1.54, 1.807) is 4.68 Å². The van der Waals surface area contributed by atoms with Gasteiger partial charge in [-0.05, 0) is 19.9 Å². The number of aliphatic hydroxyl groups excluding tert-OH is 2. The summed E-state index contributed by atoms with van der Waals surface area (Å²) in [6, 6.07) is 1.88. The Bertz CT molecular complexity index is 362. The molecule has 6 nitrogen and oxygen atoms in total. The summed E-state index contributed by atoms with van der Waals surface area (Å²) in [5.41, 5.74) is 1.77. The zero-order valence-electron chi connectivity index (χ0n) is 9.47. The molecule has 1 aromatic heterocycles. The largest absolute Gasteiger partial charge is 0.394 e. The maximum absolute atomic E-state index is 11.4. The van der Waals surface area contributed by atoms with Crippen molar-refractivity contribution in [3.05, 3.63) is 17.5 Å². The third-order valence-corrected chi connectivity index (χ3v) is 2.14. The van der Waals surface area contributed by atoms with Crippen molar-refractivity contribution in [3.8, 4) is 0 Å². The minimum atomic E-state index is -0.913. The standard InChI is InChI=1S/C10H17N3O3/c1-7-3-8(2)13(12-7)5-10(16)11-4-9(15)6-14/h3,9,14-15H,4-6H2,1-2H3,(H,11,16). The van der Waals surface area contributed by atoms with Gasteiger partial charge in [0.25, 0.3) is 0 Å². The number of rotatable bonds is 5. The summed E-state index contributed by atoms with van der Waals surface area (Å²) in [6.45, 7) is 3.54. The summed E-state index contributed by atoms with van der Waals surface area (Å²) < 4.78 is 1.59. The Morgan fingerprint density at radius 2 is 2.31 bits per heavy atom. The molecule has 3 N–H and O–H groups in total. The zero-order valence-corrected chi connectivity index (χ0v) is 9.47. The molecule has 1 aromatic rings. The first-order chi connectivity index (χ1) is 7.52. The molecular formula is C10H17N3O3. The number of carbonyl (C=O) groups is 1. The van der Waals surface area contributed by atoms with E-state index in [1.165, 1.54) is 0 Å². The van der Waals surface area contributed by atoms with Crippen molar-refractivity contribution >= 4 is 5.91 Å². The summed E-state index contributed by atoms with van der Waals surface area (Å²) in [4.78, 5) is 11.4. The van der Waals surface area contributed by atoms with Crippen LogP contribution in [0.15, 0.2) is 6.07 Å². The lowest BCUT2D eigenvalue weighted by Gasteiger charge is -2.09. The van der Waals surface area contributed by atoms with E-state index in [2.05, 4.69) is 10.4 Å². The molecule has 0 spiro atoms. The van der Waals surface area contributed by atoms with Crippen molar-refractivity contribution in [1.29, 1.82) is 0 Å². The zero-order chi connectivity index (χ0) is 12.1. The fraction of sp³-hybridized carbons (Fsp3) is 0.600. The van der Waals surface area contributed by atoms with Crippen molar-refractivity contribution in [3.63, 3.8) is 0 Å². The minimum Gasteiger partial charge on any atom is -0.394 e. The monoisotopic (exact) mass is 227 g/mol. The first-order valence-corrected chi connectivity index (χ1v) is 5.09. The lowest BCUT2D eigenvalue weighted by molar-refractivity contribution is -0.122. The maximum Gasteiger partial charge on any atom is 0.241 e. The highest BCUT2D eigenvalue weighted by Crippen LogP contribution is 2.00. The first kappa shape index (κ1) is 12.7. The lowest BCUT2D eigenvalue weighted by Crippen LogP contribution is -2.36. The molecule has 1 atom stereocenters. The predicted molar refractivity (Wildman–Crippen MR) is 57.8 cm³/mol. The molecule has 0 aliphatic rings. The second kappa shape index (κ2) is 5.62. The van der Waals surface area contributed by atoms with Crippen LogP contribution in [0.4, 0.5) is 0 Å². The normalized spacial score (nSPS) is 12.5. The van der Waals surface area contributed by atoms with Crippen LogP contribution in [0.1, 0.15) is 11.4 Å². The number of hydrogen-bond acceptors (Lipinski definition) is 4. The third kappa shape index (κ3) is 3.63. The summed E-state index contributed by atoms with van der Waals surface area (Å²) in [5.74, 6) is -0.237. The molecule has 6 heteroatoms. The summed E-state index contributed by atoms with van der Waals surface area (Å²) >= 11 is 0. The molecule has 1 rings (SSSR count). The number of hydrogen-bond donors (Lipinski definition) is 3. The molecule has 0 aromatic carbocycles. The van der Waals surface area contributed by atoms with Crippen LogP contribution in [0.2, 0.25) is 0 Å². The minimum absolute atomic E-state index is 0.0502. The van der Waals surface area contributed by atoms with Crippen molar-refractivity contribution in [2.45, 2.75) is 26.5 Å². The van der Waals surface area contributed by atoms with E-state index in [0.29, 0.717) is 0 Å².